The van der Waals surface area contributed by atoms with Gasteiger partial charge in [-0.3, -0.25) is 0 Å². The first-order chi connectivity index (χ1) is 11.8. The fraction of sp³-hybridized carbons (Fsp3) is 0.0909. The molecule has 1 atom stereocenters. The molecule has 0 spiro atoms. The number of hydrogen-bond acceptors (Lipinski definition) is 0. The number of benzene rings is 3. The van der Waals surface area contributed by atoms with Gasteiger partial charge in [0.2, 0.25) is 0 Å². The molecule has 0 saturated heterocycles. The van der Waals surface area contributed by atoms with Crippen LogP contribution in [0.5, 0.6) is 0 Å². The molecule has 0 unspecified atom stereocenters. The molecular formula is C22H18BrN. The third-order valence-electron chi connectivity index (χ3n) is 4.63. The number of aromatic nitrogens is 1. The zero-order chi connectivity index (χ0) is 16.5. The van der Waals surface area contributed by atoms with Crippen molar-refractivity contribution < 1.29 is 0 Å². The molecule has 1 aromatic heterocycles. The summed E-state index contributed by atoms with van der Waals surface area (Å²) < 4.78 is 3.52. The average molecular weight is 376 g/mol. The SMILES string of the molecule is C=C[C@H](Cn1c2ccccc2c2ccc(Br)cc21)c1ccccc1. The van der Waals surface area contributed by atoms with Crippen molar-refractivity contribution >= 4 is 37.7 Å². The predicted octanol–water partition coefficient (Wildman–Crippen LogP) is 6.53. The van der Waals surface area contributed by atoms with Gasteiger partial charge >= 0.3 is 0 Å². The van der Waals surface area contributed by atoms with Gasteiger partial charge in [0.25, 0.3) is 0 Å². The van der Waals surface area contributed by atoms with Crippen LogP contribution in [0.3, 0.4) is 0 Å². The zero-order valence-corrected chi connectivity index (χ0v) is 14.9. The molecule has 3 aromatic carbocycles. The van der Waals surface area contributed by atoms with Crippen LogP contribution in [0.4, 0.5) is 0 Å². The van der Waals surface area contributed by atoms with Crippen molar-refractivity contribution in [2.45, 2.75) is 12.5 Å². The Morgan fingerprint density at radius 3 is 2.38 bits per heavy atom. The van der Waals surface area contributed by atoms with Gasteiger partial charge in [0.1, 0.15) is 0 Å². The van der Waals surface area contributed by atoms with Crippen LogP contribution in [0.25, 0.3) is 21.8 Å². The maximum atomic E-state index is 4.07. The maximum Gasteiger partial charge on any atom is 0.0502 e. The molecule has 2 heteroatoms. The summed E-state index contributed by atoms with van der Waals surface area (Å²) in [5.74, 6) is 0.282. The lowest BCUT2D eigenvalue weighted by molar-refractivity contribution is 0.676. The standard InChI is InChI=1S/C22H18BrN/c1-2-16(17-8-4-3-5-9-17)15-24-21-11-7-6-10-19(21)20-13-12-18(23)14-22(20)24/h2-14,16H,1,15H2/t16-/m1/s1. The van der Waals surface area contributed by atoms with Crippen molar-refractivity contribution in [1.29, 1.82) is 0 Å². The number of hydrogen-bond donors (Lipinski definition) is 0. The fourth-order valence-corrected chi connectivity index (χ4v) is 3.78. The molecule has 0 radical (unpaired) electrons. The molecule has 0 aliphatic carbocycles. The van der Waals surface area contributed by atoms with Crippen molar-refractivity contribution in [2.75, 3.05) is 0 Å². The van der Waals surface area contributed by atoms with E-state index < -0.39 is 0 Å². The normalized spacial score (nSPS) is 12.5. The summed E-state index contributed by atoms with van der Waals surface area (Å²) in [6.07, 6.45) is 2.05. The molecule has 118 valence electrons. The van der Waals surface area contributed by atoms with Crippen LogP contribution < -0.4 is 0 Å². The van der Waals surface area contributed by atoms with Crippen LogP contribution in [-0.4, -0.2) is 4.57 Å². The smallest absolute Gasteiger partial charge is 0.0502 e. The Kier molecular flexibility index (Phi) is 3.99. The van der Waals surface area contributed by atoms with Gasteiger partial charge in [-0.05, 0) is 23.8 Å². The molecule has 0 aliphatic rings. The van der Waals surface area contributed by atoms with E-state index in [0.29, 0.717) is 0 Å². The Balaban J connectivity index is 1.91. The second kappa shape index (κ2) is 6.29. The largest absolute Gasteiger partial charge is 0.340 e. The van der Waals surface area contributed by atoms with Crippen molar-refractivity contribution in [3.05, 3.63) is 95.5 Å². The minimum absolute atomic E-state index is 0.282. The van der Waals surface area contributed by atoms with Gasteiger partial charge in [-0.2, -0.15) is 0 Å². The molecule has 0 bridgehead atoms. The number of halogens is 1. The summed E-state index contributed by atoms with van der Waals surface area (Å²) in [4.78, 5) is 0. The summed E-state index contributed by atoms with van der Waals surface area (Å²) in [5, 5.41) is 2.60. The third-order valence-corrected chi connectivity index (χ3v) is 5.12. The van der Waals surface area contributed by atoms with E-state index in [1.54, 1.807) is 0 Å². The first-order valence-corrected chi connectivity index (χ1v) is 8.91. The number of allylic oxidation sites excluding steroid dienone is 1. The van der Waals surface area contributed by atoms with E-state index in [-0.39, 0.29) is 5.92 Å². The lowest BCUT2D eigenvalue weighted by Gasteiger charge is -2.16. The fourth-order valence-electron chi connectivity index (χ4n) is 3.43. The monoisotopic (exact) mass is 375 g/mol. The van der Waals surface area contributed by atoms with E-state index in [1.807, 2.05) is 6.08 Å². The summed E-state index contributed by atoms with van der Waals surface area (Å²) in [5.41, 5.74) is 3.83. The van der Waals surface area contributed by atoms with E-state index in [2.05, 4.69) is 99.9 Å². The second-order valence-electron chi connectivity index (χ2n) is 6.04. The molecule has 4 rings (SSSR count). The quantitative estimate of drug-likeness (QED) is 0.357. The Labute approximate surface area is 150 Å². The van der Waals surface area contributed by atoms with Gasteiger partial charge in [-0.25, -0.2) is 0 Å². The van der Waals surface area contributed by atoms with Crippen molar-refractivity contribution in [3.8, 4) is 0 Å². The van der Waals surface area contributed by atoms with E-state index in [9.17, 15) is 0 Å². The molecule has 0 aliphatic heterocycles. The summed E-state index contributed by atoms with van der Waals surface area (Å²) in [7, 11) is 0. The zero-order valence-electron chi connectivity index (χ0n) is 13.3. The molecule has 0 saturated carbocycles. The number of para-hydroxylation sites is 1. The molecule has 4 aromatic rings. The predicted molar refractivity (Wildman–Crippen MR) is 107 cm³/mol. The van der Waals surface area contributed by atoms with Gasteiger partial charge in [-0.15, -0.1) is 6.58 Å². The van der Waals surface area contributed by atoms with E-state index >= 15 is 0 Å². The molecule has 24 heavy (non-hydrogen) atoms. The number of fused-ring (bicyclic) bond motifs is 3. The first-order valence-electron chi connectivity index (χ1n) is 8.12. The highest BCUT2D eigenvalue weighted by Gasteiger charge is 2.14. The first kappa shape index (κ1) is 15.2. The van der Waals surface area contributed by atoms with Crippen molar-refractivity contribution in [3.63, 3.8) is 0 Å². The van der Waals surface area contributed by atoms with Gasteiger partial charge in [0.05, 0.1) is 5.52 Å². The number of nitrogens with zero attached hydrogens (tertiary/aromatic N) is 1. The van der Waals surface area contributed by atoms with Crippen molar-refractivity contribution in [1.82, 2.24) is 4.57 Å². The lowest BCUT2D eigenvalue weighted by Crippen LogP contribution is -2.07. The number of rotatable bonds is 4. The van der Waals surface area contributed by atoms with Crippen LogP contribution in [0.1, 0.15) is 11.5 Å². The molecule has 0 N–H and O–H groups in total. The highest BCUT2D eigenvalue weighted by molar-refractivity contribution is 9.10. The summed E-state index contributed by atoms with van der Waals surface area (Å²) in [6.45, 7) is 4.96. The van der Waals surface area contributed by atoms with Crippen molar-refractivity contribution in [2.24, 2.45) is 0 Å². The minimum atomic E-state index is 0.282. The maximum absolute atomic E-state index is 4.07. The van der Waals surface area contributed by atoms with Gasteiger partial charge in [0, 0.05) is 33.2 Å². The average Bonchev–Trinajstić information content (AvgIpc) is 2.93. The summed E-state index contributed by atoms with van der Waals surface area (Å²) in [6, 6.07) is 25.7. The van der Waals surface area contributed by atoms with Gasteiger partial charge in [-0.1, -0.05) is 76.6 Å². The van der Waals surface area contributed by atoms with E-state index in [0.717, 1.165) is 11.0 Å². The van der Waals surface area contributed by atoms with E-state index in [4.69, 9.17) is 0 Å². The topological polar surface area (TPSA) is 4.93 Å². The van der Waals surface area contributed by atoms with Crippen LogP contribution in [-0.2, 0) is 6.54 Å². The Hall–Kier alpha value is -2.32. The lowest BCUT2D eigenvalue weighted by atomic mass is 9.99. The molecule has 1 heterocycles. The highest BCUT2D eigenvalue weighted by Crippen LogP contribution is 2.33. The third kappa shape index (κ3) is 2.57. The second-order valence-corrected chi connectivity index (χ2v) is 6.96. The molecular weight excluding hydrogens is 358 g/mol. The minimum Gasteiger partial charge on any atom is -0.340 e. The van der Waals surface area contributed by atoms with Crippen LogP contribution in [0.2, 0.25) is 0 Å². The Bertz CT molecular complexity index is 1010. The van der Waals surface area contributed by atoms with Gasteiger partial charge < -0.3 is 4.57 Å². The highest BCUT2D eigenvalue weighted by atomic mass is 79.9. The molecule has 1 nitrogen and oxygen atoms in total. The molecule has 0 fully saturated rings. The van der Waals surface area contributed by atoms with Crippen LogP contribution in [0, 0.1) is 0 Å². The molecule has 0 amide bonds. The van der Waals surface area contributed by atoms with Crippen LogP contribution >= 0.6 is 15.9 Å². The Morgan fingerprint density at radius 2 is 1.58 bits per heavy atom. The van der Waals surface area contributed by atoms with Crippen LogP contribution in [0.15, 0.2) is 89.9 Å². The van der Waals surface area contributed by atoms with Gasteiger partial charge in [0.15, 0.2) is 0 Å². The van der Waals surface area contributed by atoms with E-state index in [1.165, 1.54) is 27.4 Å². The Morgan fingerprint density at radius 1 is 0.875 bits per heavy atom. The summed E-state index contributed by atoms with van der Waals surface area (Å²) >= 11 is 3.62.